The van der Waals surface area contributed by atoms with Crippen molar-refractivity contribution >= 4 is 5.91 Å². The van der Waals surface area contributed by atoms with Gasteiger partial charge in [-0.1, -0.05) is 5.16 Å². The summed E-state index contributed by atoms with van der Waals surface area (Å²) in [4.78, 5) is 14.7. The molecule has 1 atom stereocenters. The Morgan fingerprint density at radius 2 is 2.10 bits per heavy atom. The van der Waals surface area contributed by atoms with E-state index in [9.17, 15) is 4.79 Å². The van der Waals surface area contributed by atoms with E-state index >= 15 is 0 Å². The predicted molar refractivity (Wildman–Crippen MR) is 76.1 cm³/mol. The van der Waals surface area contributed by atoms with Gasteiger partial charge in [-0.15, -0.1) is 0 Å². The van der Waals surface area contributed by atoms with E-state index < -0.39 is 0 Å². The molecule has 0 N–H and O–H groups in total. The smallest absolute Gasteiger partial charge is 0.276 e. The van der Waals surface area contributed by atoms with Crippen LogP contribution >= 0.6 is 0 Å². The van der Waals surface area contributed by atoms with E-state index in [2.05, 4.69) is 12.1 Å². The molecule has 0 aromatic carbocycles. The van der Waals surface area contributed by atoms with Crippen molar-refractivity contribution < 1.29 is 14.1 Å². The molecular weight excluding hydrogens is 268 g/mol. The molecule has 0 radical (unpaired) electrons. The molecular formula is C16H22N2O3. The van der Waals surface area contributed by atoms with Crippen LogP contribution in [0.25, 0.3) is 0 Å². The third kappa shape index (κ3) is 2.18. The van der Waals surface area contributed by atoms with Crippen LogP contribution in [0, 0.1) is 5.41 Å². The molecule has 5 heteroatoms. The summed E-state index contributed by atoms with van der Waals surface area (Å²) in [6.45, 7) is 4.65. The summed E-state index contributed by atoms with van der Waals surface area (Å²) in [6, 6.07) is 2.11. The number of carbonyl (C=O) groups excluding carboxylic acids is 1. The molecule has 114 valence electrons. The van der Waals surface area contributed by atoms with Gasteiger partial charge in [0.15, 0.2) is 5.69 Å². The molecule has 4 rings (SSSR count). The quantitative estimate of drug-likeness (QED) is 0.840. The summed E-state index contributed by atoms with van der Waals surface area (Å²) in [5.74, 6) is 1.41. The Kier molecular flexibility index (Phi) is 3.06. The second-order valence-corrected chi connectivity index (χ2v) is 6.79. The third-order valence-corrected chi connectivity index (χ3v) is 5.68. The van der Waals surface area contributed by atoms with Gasteiger partial charge in [0.1, 0.15) is 5.76 Å². The standard InChI is InChI=1S/C16H22N2O3/c1-11-16(5-8-20-9-6-16)4-7-18(11)15(19)13-10-14(21-17-13)12-2-3-12/h10-12H,2-9H2,1H3/t11-/m1/s1. The maximum atomic E-state index is 12.7. The fraction of sp³-hybridized carbons (Fsp3) is 0.750. The highest BCUT2D eigenvalue weighted by atomic mass is 16.5. The van der Waals surface area contributed by atoms with Crippen molar-refractivity contribution in [3.63, 3.8) is 0 Å². The van der Waals surface area contributed by atoms with E-state index in [1.807, 2.05) is 11.0 Å². The van der Waals surface area contributed by atoms with Gasteiger partial charge in [0.2, 0.25) is 0 Å². The minimum Gasteiger partial charge on any atom is -0.381 e. The molecule has 3 aliphatic rings. The molecule has 2 aliphatic heterocycles. The van der Waals surface area contributed by atoms with Gasteiger partial charge in [0.25, 0.3) is 5.91 Å². The van der Waals surface area contributed by atoms with E-state index in [1.54, 1.807) is 0 Å². The maximum Gasteiger partial charge on any atom is 0.276 e. The van der Waals surface area contributed by atoms with E-state index in [0.29, 0.717) is 11.6 Å². The first-order valence-corrected chi connectivity index (χ1v) is 8.05. The number of aromatic nitrogens is 1. The van der Waals surface area contributed by atoms with Crippen LogP contribution in [-0.2, 0) is 4.74 Å². The van der Waals surface area contributed by atoms with E-state index in [1.165, 1.54) is 0 Å². The fourth-order valence-corrected chi connectivity index (χ4v) is 3.90. The molecule has 1 saturated carbocycles. The SMILES string of the molecule is C[C@H]1N(C(=O)c2cc(C3CC3)on2)CCC12CCOCC2. The largest absolute Gasteiger partial charge is 0.381 e. The van der Waals surface area contributed by atoms with E-state index in [-0.39, 0.29) is 17.4 Å². The summed E-state index contributed by atoms with van der Waals surface area (Å²) in [6.07, 6.45) is 5.52. The Hall–Kier alpha value is -1.36. The van der Waals surface area contributed by atoms with Gasteiger partial charge >= 0.3 is 0 Å². The van der Waals surface area contributed by atoms with Crippen molar-refractivity contribution in [1.29, 1.82) is 0 Å². The first-order valence-electron chi connectivity index (χ1n) is 8.05. The van der Waals surface area contributed by atoms with Crippen molar-refractivity contribution in [3.05, 3.63) is 17.5 Å². The molecule has 5 nitrogen and oxygen atoms in total. The normalized spacial score (nSPS) is 28.2. The Labute approximate surface area is 124 Å². The van der Waals surface area contributed by atoms with E-state index in [0.717, 1.165) is 57.6 Å². The van der Waals surface area contributed by atoms with Crippen LogP contribution < -0.4 is 0 Å². The lowest BCUT2D eigenvalue weighted by Gasteiger charge is -2.38. The number of nitrogens with zero attached hydrogens (tertiary/aromatic N) is 2. The Morgan fingerprint density at radius 1 is 1.33 bits per heavy atom. The molecule has 3 heterocycles. The summed E-state index contributed by atoms with van der Waals surface area (Å²) in [5, 5.41) is 4.00. The molecule has 1 aromatic heterocycles. The average molecular weight is 290 g/mol. The Balaban J connectivity index is 1.51. The summed E-state index contributed by atoms with van der Waals surface area (Å²) < 4.78 is 10.8. The highest BCUT2D eigenvalue weighted by Crippen LogP contribution is 2.45. The maximum absolute atomic E-state index is 12.7. The average Bonchev–Trinajstić information content (AvgIpc) is 3.17. The van der Waals surface area contributed by atoms with Gasteiger partial charge in [-0.3, -0.25) is 4.79 Å². The molecule has 2 saturated heterocycles. The molecule has 1 amide bonds. The van der Waals surface area contributed by atoms with Crippen molar-refractivity contribution in [2.75, 3.05) is 19.8 Å². The van der Waals surface area contributed by atoms with Crippen molar-refractivity contribution in [3.8, 4) is 0 Å². The van der Waals surface area contributed by atoms with Crippen LogP contribution in [-0.4, -0.2) is 41.8 Å². The third-order valence-electron chi connectivity index (χ3n) is 5.68. The van der Waals surface area contributed by atoms with Gasteiger partial charge in [-0.2, -0.15) is 0 Å². The van der Waals surface area contributed by atoms with Crippen LogP contribution in [0.15, 0.2) is 10.6 Å². The number of amides is 1. The predicted octanol–water partition coefficient (Wildman–Crippen LogP) is 2.58. The first-order chi connectivity index (χ1) is 10.2. The summed E-state index contributed by atoms with van der Waals surface area (Å²) in [7, 11) is 0. The van der Waals surface area contributed by atoms with Crippen molar-refractivity contribution in [2.45, 2.75) is 51.0 Å². The second-order valence-electron chi connectivity index (χ2n) is 6.79. The minimum absolute atomic E-state index is 0.0292. The van der Waals surface area contributed by atoms with Gasteiger partial charge in [0.05, 0.1) is 0 Å². The number of hydrogen-bond acceptors (Lipinski definition) is 4. The zero-order valence-corrected chi connectivity index (χ0v) is 12.5. The van der Waals surface area contributed by atoms with Crippen LogP contribution in [0.3, 0.4) is 0 Å². The number of hydrogen-bond donors (Lipinski definition) is 0. The fourth-order valence-electron chi connectivity index (χ4n) is 3.90. The number of carbonyl (C=O) groups is 1. The number of ether oxygens (including phenoxy) is 1. The van der Waals surface area contributed by atoms with Crippen molar-refractivity contribution in [1.82, 2.24) is 10.1 Å². The Bertz CT molecular complexity index is 543. The van der Waals surface area contributed by atoms with E-state index in [4.69, 9.17) is 9.26 Å². The van der Waals surface area contributed by atoms with Crippen molar-refractivity contribution in [2.24, 2.45) is 5.41 Å². The molecule has 1 spiro atoms. The highest BCUT2D eigenvalue weighted by Gasteiger charge is 2.47. The molecule has 21 heavy (non-hydrogen) atoms. The zero-order chi connectivity index (χ0) is 14.4. The van der Waals surface area contributed by atoms with Crippen LogP contribution in [0.5, 0.6) is 0 Å². The van der Waals surface area contributed by atoms with Gasteiger partial charge < -0.3 is 14.2 Å². The molecule has 1 aromatic rings. The van der Waals surface area contributed by atoms with Gasteiger partial charge in [0, 0.05) is 37.8 Å². The summed E-state index contributed by atoms with van der Waals surface area (Å²) in [5.41, 5.74) is 0.726. The zero-order valence-electron chi connectivity index (χ0n) is 12.5. The molecule has 0 bridgehead atoms. The topological polar surface area (TPSA) is 55.6 Å². The highest BCUT2D eigenvalue weighted by molar-refractivity contribution is 5.92. The van der Waals surface area contributed by atoms with Gasteiger partial charge in [-0.25, -0.2) is 0 Å². The second kappa shape index (κ2) is 4.83. The lowest BCUT2D eigenvalue weighted by atomic mass is 9.74. The lowest BCUT2D eigenvalue weighted by molar-refractivity contribution is 0.0000513. The van der Waals surface area contributed by atoms with Gasteiger partial charge in [-0.05, 0) is 44.4 Å². The monoisotopic (exact) mass is 290 g/mol. The first kappa shape index (κ1) is 13.3. The van der Waals surface area contributed by atoms with Crippen LogP contribution in [0.2, 0.25) is 0 Å². The van der Waals surface area contributed by atoms with Crippen LogP contribution in [0.1, 0.15) is 61.2 Å². The molecule has 0 unspecified atom stereocenters. The molecule has 1 aliphatic carbocycles. The molecule has 3 fully saturated rings. The lowest BCUT2D eigenvalue weighted by Crippen LogP contribution is -2.43. The number of likely N-dealkylation sites (tertiary alicyclic amines) is 1. The number of rotatable bonds is 2. The summed E-state index contributed by atoms with van der Waals surface area (Å²) >= 11 is 0. The van der Waals surface area contributed by atoms with Crippen LogP contribution in [0.4, 0.5) is 0 Å². The Morgan fingerprint density at radius 3 is 2.81 bits per heavy atom. The minimum atomic E-state index is 0.0292.